The number of aromatic nitrogens is 2. The molecule has 0 aliphatic heterocycles. The maximum absolute atomic E-state index is 12.7. The van der Waals surface area contributed by atoms with E-state index in [9.17, 15) is 4.79 Å². The Balaban J connectivity index is 1.60. The summed E-state index contributed by atoms with van der Waals surface area (Å²) in [6.45, 7) is 4.12. The number of para-hydroxylation sites is 1. The van der Waals surface area contributed by atoms with Crippen LogP contribution in [0.15, 0.2) is 66.7 Å². The Morgan fingerprint density at radius 1 is 0.800 bits per heavy atom. The molecule has 5 nitrogen and oxygen atoms in total. The quantitative estimate of drug-likeness (QED) is 0.450. The number of aryl methyl sites for hydroxylation is 2. The number of hydrogen-bond acceptors (Lipinski definition) is 5. The molecule has 2 N–H and O–H groups in total. The van der Waals surface area contributed by atoms with Gasteiger partial charge in [0, 0.05) is 16.8 Å². The lowest BCUT2D eigenvalue weighted by Crippen LogP contribution is -2.10. The Morgan fingerprint density at radius 3 is 2.40 bits per heavy atom. The molecule has 1 aromatic heterocycles. The van der Waals surface area contributed by atoms with Crippen molar-refractivity contribution in [3.63, 3.8) is 0 Å². The van der Waals surface area contributed by atoms with Gasteiger partial charge < -0.3 is 10.6 Å². The van der Waals surface area contributed by atoms with Crippen LogP contribution in [0.3, 0.4) is 0 Å². The fourth-order valence-corrected chi connectivity index (χ4v) is 3.78. The van der Waals surface area contributed by atoms with Crippen molar-refractivity contribution in [1.82, 2.24) is 9.97 Å². The Kier molecular flexibility index (Phi) is 4.29. The molecule has 1 aliphatic rings. The first kappa shape index (κ1) is 18.1. The number of allylic oxidation sites excluding steroid dienone is 1. The van der Waals surface area contributed by atoms with Gasteiger partial charge in [-0.25, -0.2) is 9.97 Å². The standard InChI is InChI=1S/C25H20N4O/c1-15-8-9-18(16(2)14-15)27-25-28-19-10-11-21(26-17-6-4-3-5-7-17)24-22(30)13-12-20(29-25)23(19)24/h3-14,26H,1-2H3,(H,27,28,29). The highest BCUT2D eigenvalue weighted by Crippen LogP contribution is 2.34. The van der Waals surface area contributed by atoms with Crippen LogP contribution in [0.1, 0.15) is 27.2 Å². The van der Waals surface area contributed by atoms with E-state index in [2.05, 4.69) is 46.6 Å². The highest BCUT2D eigenvalue weighted by molar-refractivity contribution is 6.22. The number of carbonyl (C=O) groups excluding carboxylic acids is 1. The summed E-state index contributed by atoms with van der Waals surface area (Å²) >= 11 is 0. The summed E-state index contributed by atoms with van der Waals surface area (Å²) in [5, 5.41) is 7.44. The number of hydrogen-bond donors (Lipinski definition) is 2. The molecule has 0 atom stereocenters. The first-order chi connectivity index (χ1) is 14.6. The molecule has 0 unspecified atom stereocenters. The van der Waals surface area contributed by atoms with Crippen molar-refractivity contribution in [3.05, 3.63) is 89.1 Å². The summed E-state index contributed by atoms with van der Waals surface area (Å²) in [7, 11) is 0. The van der Waals surface area contributed by atoms with Crippen LogP contribution in [0.4, 0.5) is 23.0 Å². The number of nitrogens with one attached hydrogen (secondary N) is 2. The molecule has 0 spiro atoms. The Bertz CT molecular complexity index is 1330. The maximum atomic E-state index is 12.7. The third kappa shape index (κ3) is 3.20. The molecule has 146 valence electrons. The lowest BCUT2D eigenvalue weighted by Gasteiger charge is -2.18. The van der Waals surface area contributed by atoms with E-state index in [4.69, 9.17) is 0 Å². The van der Waals surface area contributed by atoms with E-state index in [-0.39, 0.29) is 5.78 Å². The van der Waals surface area contributed by atoms with Crippen molar-refractivity contribution in [1.29, 1.82) is 0 Å². The van der Waals surface area contributed by atoms with Gasteiger partial charge in [-0.2, -0.15) is 0 Å². The molecule has 0 radical (unpaired) electrons. The van der Waals surface area contributed by atoms with Gasteiger partial charge >= 0.3 is 0 Å². The van der Waals surface area contributed by atoms with Gasteiger partial charge in [-0.15, -0.1) is 0 Å². The maximum Gasteiger partial charge on any atom is 0.228 e. The molecule has 0 fully saturated rings. The molecular formula is C25H20N4O. The second-order valence-corrected chi connectivity index (χ2v) is 7.45. The van der Waals surface area contributed by atoms with Crippen molar-refractivity contribution >= 4 is 45.8 Å². The highest BCUT2D eigenvalue weighted by atomic mass is 16.1. The van der Waals surface area contributed by atoms with Crippen LogP contribution in [0.2, 0.25) is 0 Å². The Labute approximate surface area is 174 Å². The number of nitrogens with zero attached hydrogens (tertiary/aromatic N) is 2. The zero-order valence-corrected chi connectivity index (χ0v) is 16.7. The smallest absolute Gasteiger partial charge is 0.228 e. The summed E-state index contributed by atoms with van der Waals surface area (Å²) in [4.78, 5) is 22.1. The van der Waals surface area contributed by atoms with Crippen LogP contribution in [-0.4, -0.2) is 15.8 Å². The van der Waals surface area contributed by atoms with Crippen LogP contribution in [0, 0.1) is 13.8 Å². The van der Waals surface area contributed by atoms with Crippen LogP contribution < -0.4 is 10.6 Å². The number of carbonyl (C=O) groups is 1. The summed E-state index contributed by atoms with van der Waals surface area (Å²) < 4.78 is 0. The van der Waals surface area contributed by atoms with Gasteiger partial charge in [0.15, 0.2) is 5.78 Å². The van der Waals surface area contributed by atoms with Crippen LogP contribution >= 0.6 is 0 Å². The van der Waals surface area contributed by atoms with Gasteiger partial charge in [-0.05, 0) is 61.9 Å². The van der Waals surface area contributed by atoms with Crippen LogP contribution in [0.5, 0.6) is 0 Å². The molecular weight excluding hydrogens is 372 g/mol. The topological polar surface area (TPSA) is 66.9 Å². The van der Waals surface area contributed by atoms with Gasteiger partial charge in [0.1, 0.15) is 0 Å². The van der Waals surface area contributed by atoms with Gasteiger partial charge in [-0.1, -0.05) is 35.9 Å². The molecule has 0 saturated heterocycles. The van der Waals surface area contributed by atoms with Gasteiger partial charge in [0.25, 0.3) is 0 Å². The van der Waals surface area contributed by atoms with E-state index in [1.54, 1.807) is 12.2 Å². The minimum Gasteiger partial charge on any atom is -0.355 e. The normalized spacial score (nSPS) is 12.3. The molecule has 5 heteroatoms. The molecule has 1 aliphatic carbocycles. The predicted molar refractivity (Wildman–Crippen MR) is 122 cm³/mol. The fraction of sp³-hybridized carbons (Fsp3) is 0.0800. The minimum absolute atomic E-state index is 0.0507. The van der Waals surface area contributed by atoms with Crippen LogP contribution in [0.25, 0.3) is 17.0 Å². The lowest BCUT2D eigenvalue weighted by atomic mass is 9.96. The summed E-state index contributed by atoms with van der Waals surface area (Å²) in [6, 6.07) is 19.8. The number of benzene rings is 3. The average molecular weight is 392 g/mol. The van der Waals surface area contributed by atoms with E-state index in [1.165, 1.54) is 5.56 Å². The van der Waals surface area contributed by atoms with Gasteiger partial charge in [-0.3, -0.25) is 4.79 Å². The SMILES string of the molecule is Cc1ccc(Nc2nc3c4c(c(Nc5ccccc5)ccc4n2)C(=O)C=C3)c(C)c1. The van der Waals surface area contributed by atoms with Crippen molar-refractivity contribution < 1.29 is 4.79 Å². The van der Waals surface area contributed by atoms with Gasteiger partial charge in [0.05, 0.1) is 22.5 Å². The lowest BCUT2D eigenvalue weighted by molar-refractivity contribution is 0.104. The zero-order valence-electron chi connectivity index (χ0n) is 16.7. The molecule has 3 aromatic carbocycles. The van der Waals surface area contributed by atoms with E-state index in [0.717, 1.165) is 39.2 Å². The summed E-state index contributed by atoms with van der Waals surface area (Å²) in [5.41, 5.74) is 7.04. The molecule has 0 bridgehead atoms. The Hall–Kier alpha value is -3.99. The number of ketones is 1. The van der Waals surface area contributed by atoms with E-state index in [1.807, 2.05) is 48.5 Å². The van der Waals surface area contributed by atoms with E-state index >= 15 is 0 Å². The van der Waals surface area contributed by atoms with Gasteiger partial charge in [0.2, 0.25) is 5.95 Å². The van der Waals surface area contributed by atoms with Crippen molar-refractivity contribution in [2.75, 3.05) is 10.6 Å². The molecule has 4 aromatic rings. The predicted octanol–water partition coefficient (Wildman–Crippen LogP) is 5.94. The second kappa shape index (κ2) is 7.12. The minimum atomic E-state index is -0.0507. The molecule has 0 amide bonds. The van der Waals surface area contributed by atoms with Crippen LogP contribution in [-0.2, 0) is 0 Å². The monoisotopic (exact) mass is 392 g/mol. The molecule has 30 heavy (non-hydrogen) atoms. The first-order valence-electron chi connectivity index (χ1n) is 9.82. The third-order valence-corrected chi connectivity index (χ3v) is 5.21. The molecule has 5 rings (SSSR count). The largest absolute Gasteiger partial charge is 0.355 e. The average Bonchev–Trinajstić information content (AvgIpc) is 2.74. The second-order valence-electron chi connectivity index (χ2n) is 7.45. The number of rotatable bonds is 4. The summed E-state index contributed by atoms with van der Waals surface area (Å²) in [5.74, 6) is 0.461. The fourth-order valence-electron chi connectivity index (χ4n) is 3.78. The highest BCUT2D eigenvalue weighted by Gasteiger charge is 2.22. The van der Waals surface area contributed by atoms with Crippen molar-refractivity contribution in [2.45, 2.75) is 13.8 Å². The Morgan fingerprint density at radius 2 is 1.60 bits per heavy atom. The first-order valence-corrected chi connectivity index (χ1v) is 9.82. The molecule has 0 saturated carbocycles. The van der Waals surface area contributed by atoms with E-state index in [0.29, 0.717) is 11.5 Å². The van der Waals surface area contributed by atoms with Crippen molar-refractivity contribution in [2.24, 2.45) is 0 Å². The zero-order chi connectivity index (χ0) is 20.7. The molecule has 1 heterocycles. The van der Waals surface area contributed by atoms with E-state index < -0.39 is 0 Å². The van der Waals surface area contributed by atoms with Crippen molar-refractivity contribution in [3.8, 4) is 0 Å². The third-order valence-electron chi connectivity index (χ3n) is 5.21. The summed E-state index contributed by atoms with van der Waals surface area (Å²) in [6.07, 6.45) is 3.33. The number of anilines is 4.